The predicted octanol–water partition coefficient (Wildman–Crippen LogP) is 2.66. The van der Waals surface area contributed by atoms with Gasteiger partial charge in [-0.2, -0.15) is 0 Å². The number of ether oxygens (including phenoxy) is 1. The highest BCUT2D eigenvalue weighted by Crippen LogP contribution is 2.34. The minimum absolute atomic E-state index is 0.0828. The van der Waals surface area contributed by atoms with Gasteiger partial charge in [0.15, 0.2) is 5.75 Å². The van der Waals surface area contributed by atoms with Crippen molar-refractivity contribution in [1.29, 1.82) is 0 Å². The molecule has 2 N–H and O–H groups in total. The number of nitro groups is 1. The van der Waals surface area contributed by atoms with Crippen molar-refractivity contribution >= 4 is 17.3 Å². The van der Waals surface area contributed by atoms with Crippen molar-refractivity contribution in [1.82, 2.24) is 0 Å². The maximum Gasteiger partial charge on any atom is 0.333 e. The molecular formula is C13H18N2O5. The van der Waals surface area contributed by atoms with Gasteiger partial charge in [-0.1, -0.05) is 12.5 Å². The Morgan fingerprint density at radius 2 is 2.15 bits per heavy atom. The van der Waals surface area contributed by atoms with Crippen molar-refractivity contribution in [2.24, 2.45) is 0 Å². The molecule has 7 heteroatoms. The molecule has 0 bridgehead atoms. The van der Waals surface area contributed by atoms with Crippen LogP contribution in [0.2, 0.25) is 0 Å². The van der Waals surface area contributed by atoms with E-state index < -0.39 is 10.9 Å². The first-order valence-corrected chi connectivity index (χ1v) is 6.33. The quantitative estimate of drug-likeness (QED) is 0.410. The highest BCUT2D eigenvalue weighted by Gasteiger charge is 2.19. The molecular weight excluding hydrogens is 264 g/mol. The highest BCUT2D eigenvalue weighted by molar-refractivity contribution is 5.68. The summed E-state index contributed by atoms with van der Waals surface area (Å²) in [7, 11) is 1.39. The van der Waals surface area contributed by atoms with E-state index in [0.717, 1.165) is 12.8 Å². The average molecular weight is 282 g/mol. The molecule has 7 nitrogen and oxygen atoms in total. The van der Waals surface area contributed by atoms with Gasteiger partial charge in [0.05, 0.1) is 12.0 Å². The summed E-state index contributed by atoms with van der Waals surface area (Å²) in [5.41, 5.74) is 0.327. The third-order valence-corrected chi connectivity index (χ3v) is 2.78. The lowest BCUT2D eigenvalue weighted by Crippen LogP contribution is -2.05. The molecule has 0 saturated heterocycles. The summed E-state index contributed by atoms with van der Waals surface area (Å²) in [4.78, 5) is 20.9. The molecule has 1 aromatic rings. The molecule has 20 heavy (non-hydrogen) atoms. The summed E-state index contributed by atoms with van der Waals surface area (Å²) in [6.45, 7) is 0.549. The monoisotopic (exact) mass is 282 g/mol. The third-order valence-electron chi connectivity index (χ3n) is 2.78. The Labute approximate surface area is 116 Å². The van der Waals surface area contributed by atoms with Crippen LogP contribution in [-0.4, -0.2) is 29.7 Å². The molecule has 0 aliphatic rings. The fraction of sp³-hybridized carbons (Fsp3) is 0.462. The highest BCUT2D eigenvalue weighted by atomic mass is 16.6. The van der Waals surface area contributed by atoms with Gasteiger partial charge >= 0.3 is 11.7 Å². The largest absolute Gasteiger partial charge is 0.490 e. The van der Waals surface area contributed by atoms with Crippen LogP contribution in [0, 0.1) is 10.1 Å². The molecule has 0 heterocycles. The van der Waals surface area contributed by atoms with Crippen molar-refractivity contribution < 1.29 is 19.6 Å². The Bertz CT molecular complexity index is 476. The number of benzene rings is 1. The van der Waals surface area contributed by atoms with Crippen LogP contribution >= 0.6 is 0 Å². The van der Waals surface area contributed by atoms with Crippen LogP contribution in [0.15, 0.2) is 18.2 Å². The first kappa shape index (κ1) is 15.7. The molecule has 0 amide bonds. The summed E-state index contributed by atoms with van der Waals surface area (Å²) in [5, 5.41) is 22.5. The maximum absolute atomic E-state index is 11.0. The van der Waals surface area contributed by atoms with Gasteiger partial charge < -0.3 is 15.2 Å². The first-order valence-electron chi connectivity index (χ1n) is 6.33. The normalized spacial score (nSPS) is 10.1. The predicted molar refractivity (Wildman–Crippen MR) is 74.2 cm³/mol. The Morgan fingerprint density at radius 3 is 2.75 bits per heavy atom. The Kier molecular flexibility index (Phi) is 6.28. The lowest BCUT2D eigenvalue weighted by atomic mass is 10.2. The lowest BCUT2D eigenvalue weighted by Gasteiger charge is -2.09. The van der Waals surface area contributed by atoms with Crippen molar-refractivity contribution in [3.8, 4) is 5.75 Å². The summed E-state index contributed by atoms with van der Waals surface area (Å²) < 4.78 is 4.97. The van der Waals surface area contributed by atoms with E-state index in [9.17, 15) is 14.9 Å². The van der Waals surface area contributed by atoms with Gasteiger partial charge in [-0.3, -0.25) is 14.9 Å². The number of hydrogen-bond acceptors (Lipinski definition) is 5. The van der Waals surface area contributed by atoms with Crippen LogP contribution in [0.5, 0.6) is 5.75 Å². The number of unbranched alkanes of at least 4 members (excludes halogenated alkanes) is 2. The van der Waals surface area contributed by atoms with Crippen molar-refractivity contribution in [2.75, 3.05) is 19.0 Å². The fourth-order valence-electron chi connectivity index (χ4n) is 1.82. The van der Waals surface area contributed by atoms with E-state index in [1.54, 1.807) is 12.1 Å². The molecule has 0 aromatic heterocycles. The van der Waals surface area contributed by atoms with Gasteiger partial charge in [0.25, 0.3) is 0 Å². The SMILES string of the molecule is COc1cccc(NCCCCCC(=O)O)c1[N+](=O)[O-]. The van der Waals surface area contributed by atoms with Gasteiger partial charge in [0, 0.05) is 13.0 Å². The van der Waals surface area contributed by atoms with Crippen molar-refractivity contribution in [3.05, 3.63) is 28.3 Å². The number of para-hydroxylation sites is 1. The summed E-state index contributed by atoms with van der Waals surface area (Å²) in [6.07, 6.45) is 2.27. The number of anilines is 1. The molecule has 0 atom stereocenters. The van der Waals surface area contributed by atoms with E-state index in [0.29, 0.717) is 18.7 Å². The van der Waals surface area contributed by atoms with Crippen LogP contribution in [-0.2, 0) is 4.79 Å². The molecule has 0 saturated carbocycles. The van der Waals surface area contributed by atoms with Gasteiger partial charge in [-0.05, 0) is 25.0 Å². The minimum atomic E-state index is -0.804. The van der Waals surface area contributed by atoms with Crippen molar-refractivity contribution in [3.63, 3.8) is 0 Å². The van der Waals surface area contributed by atoms with E-state index in [4.69, 9.17) is 9.84 Å². The summed E-state index contributed by atoms with van der Waals surface area (Å²) in [5.74, 6) is -0.590. The smallest absolute Gasteiger partial charge is 0.333 e. The van der Waals surface area contributed by atoms with Crippen LogP contribution < -0.4 is 10.1 Å². The van der Waals surface area contributed by atoms with E-state index in [-0.39, 0.29) is 17.9 Å². The van der Waals surface area contributed by atoms with Crippen LogP contribution in [0.4, 0.5) is 11.4 Å². The Balaban J connectivity index is 2.51. The molecule has 1 aromatic carbocycles. The minimum Gasteiger partial charge on any atom is -0.490 e. The van der Waals surface area contributed by atoms with Gasteiger partial charge in [-0.25, -0.2) is 0 Å². The van der Waals surface area contributed by atoms with Crippen LogP contribution in [0.1, 0.15) is 25.7 Å². The number of nitro benzene ring substituents is 1. The molecule has 0 aliphatic carbocycles. The molecule has 1 rings (SSSR count). The van der Waals surface area contributed by atoms with Gasteiger partial charge in [0.1, 0.15) is 5.69 Å². The second-order valence-corrected chi connectivity index (χ2v) is 4.24. The second kappa shape index (κ2) is 7.98. The van der Waals surface area contributed by atoms with Crippen molar-refractivity contribution in [2.45, 2.75) is 25.7 Å². The first-order chi connectivity index (χ1) is 9.56. The fourth-order valence-corrected chi connectivity index (χ4v) is 1.82. The summed E-state index contributed by atoms with van der Waals surface area (Å²) >= 11 is 0. The number of methoxy groups -OCH3 is 1. The number of carboxylic acid groups (broad SMARTS) is 1. The molecule has 0 radical (unpaired) electrons. The zero-order chi connectivity index (χ0) is 15.0. The number of aliphatic carboxylic acids is 1. The number of carbonyl (C=O) groups is 1. The molecule has 0 aliphatic heterocycles. The van der Waals surface area contributed by atoms with E-state index >= 15 is 0 Å². The molecule has 0 unspecified atom stereocenters. The zero-order valence-electron chi connectivity index (χ0n) is 11.3. The molecule has 110 valence electrons. The standard InChI is InChI=1S/C13H18N2O5/c1-20-11-7-5-6-10(13(11)15(18)19)14-9-4-2-3-8-12(16)17/h5-7,14H,2-4,8-9H2,1H3,(H,16,17). The van der Waals surface area contributed by atoms with E-state index in [1.165, 1.54) is 13.2 Å². The molecule has 0 spiro atoms. The van der Waals surface area contributed by atoms with Crippen LogP contribution in [0.25, 0.3) is 0 Å². The number of rotatable bonds is 9. The average Bonchev–Trinajstić information content (AvgIpc) is 2.41. The van der Waals surface area contributed by atoms with E-state index in [1.807, 2.05) is 0 Å². The second-order valence-electron chi connectivity index (χ2n) is 4.24. The Hall–Kier alpha value is -2.31. The summed E-state index contributed by atoms with van der Waals surface area (Å²) in [6, 6.07) is 4.84. The third kappa shape index (κ3) is 4.75. The maximum atomic E-state index is 11.0. The lowest BCUT2D eigenvalue weighted by molar-refractivity contribution is -0.384. The van der Waals surface area contributed by atoms with E-state index in [2.05, 4.69) is 5.32 Å². The number of carboxylic acids is 1. The topological polar surface area (TPSA) is 102 Å². The molecule has 0 fully saturated rings. The Morgan fingerprint density at radius 1 is 1.40 bits per heavy atom. The number of nitrogens with zero attached hydrogens (tertiary/aromatic N) is 1. The number of hydrogen-bond donors (Lipinski definition) is 2. The zero-order valence-corrected chi connectivity index (χ0v) is 11.3. The van der Waals surface area contributed by atoms with Gasteiger partial charge in [-0.15, -0.1) is 0 Å². The van der Waals surface area contributed by atoms with Gasteiger partial charge in [0.2, 0.25) is 0 Å². The number of nitrogens with one attached hydrogen (secondary N) is 1. The van der Waals surface area contributed by atoms with Crippen LogP contribution in [0.3, 0.4) is 0 Å².